The number of hydrogen-bond acceptors (Lipinski definition) is 4. The molecule has 0 spiro atoms. The zero-order chi connectivity index (χ0) is 11.8. The molecule has 3 rings (SSSR count). The lowest BCUT2D eigenvalue weighted by Gasteiger charge is -2.05. The maximum Gasteiger partial charge on any atom is 0.222 e. The maximum atomic E-state index is 5.69. The van der Waals surface area contributed by atoms with E-state index in [4.69, 9.17) is 5.73 Å². The zero-order valence-electron chi connectivity index (χ0n) is 8.71. The normalized spacial score (nSPS) is 10.9. The molecule has 17 heavy (non-hydrogen) atoms. The van der Waals surface area contributed by atoms with Crippen molar-refractivity contribution in [2.24, 2.45) is 0 Å². The van der Waals surface area contributed by atoms with Crippen molar-refractivity contribution in [2.75, 3.05) is 5.73 Å². The number of rotatable bonds is 1. The van der Waals surface area contributed by atoms with E-state index in [1.807, 2.05) is 30.5 Å². The fourth-order valence-electron chi connectivity index (χ4n) is 1.67. The van der Waals surface area contributed by atoms with Crippen LogP contribution in [0, 0.1) is 0 Å². The van der Waals surface area contributed by atoms with Crippen molar-refractivity contribution in [3.63, 3.8) is 0 Å². The molecule has 0 aliphatic heterocycles. The number of nitrogens with zero attached hydrogens (tertiary/aromatic N) is 4. The zero-order valence-corrected chi connectivity index (χ0v) is 10.3. The third kappa shape index (κ3) is 1.76. The number of para-hydroxylation sites is 1. The minimum absolute atomic E-state index is 0.241. The van der Waals surface area contributed by atoms with Crippen LogP contribution in [0.15, 0.2) is 41.1 Å². The van der Waals surface area contributed by atoms with Crippen LogP contribution in [0.4, 0.5) is 5.95 Å². The third-order valence-electron chi connectivity index (χ3n) is 2.37. The second-order valence-corrected chi connectivity index (χ2v) is 4.44. The Balaban J connectivity index is 2.35. The van der Waals surface area contributed by atoms with Gasteiger partial charge in [-0.15, -0.1) is 0 Å². The summed E-state index contributed by atoms with van der Waals surface area (Å²) in [7, 11) is 0. The van der Waals surface area contributed by atoms with Gasteiger partial charge in [0.05, 0.1) is 16.2 Å². The molecule has 0 aliphatic rings. The van der Waals surface area contributed by atoms with Crippen molar-refractivity contribution in [3.8, 4) is 5.82 Å². The summed E-state index contributed by atoms with van der Waals surface area (Å²) >= 11 is 3.35. The molecular weight excluding hydrogens is 282 g/mol. The van der Waals surface area contributed by atoms with E-state index in [0.717, 1.165) is 15.4 Å². The second kappa shape index (κ2) is 3.81. The molecule has 0 saturated heterocycles. The first-order chi connectivity index (χ1) is 8.24. The van der Waals surface area contributed by atoms with E-state index in [2.05, 4.69) is 31.0 Å². The van der Waals surface area contributed by atoms with Crippen LogP contribution in [-0.4, -0.2) is 19.7 Å². The van der Waals surface area contributed by atoms with Crippen LogP contribution in [0.25, 0.3) is 16.7 Å². The van der Waals surface area contributed by atoms with Gasteiger partial charge in [-0.1, -0.05) is 12.1 Å². The van der Waals surface area contributed by atoms with Crippen LogP contribution >= 0.6 is 15.9 Å². The molecule has 0 fully saturated rings. The Morgan fingerprint density at radius 2 is 2.00 bits per heavy atom. The fraction of sp³-hybridized carbons (Fsp3) is 0. The first-order valence-electron chi connectivity index (χ1n) is 4.97. The minimum atomic E-state index is 0.241. The predicted molar refractivity (Wildman–Crippen MR) is 68.8 cm³/mol. The molecule has 2 heterocycles. The van der Waals surface area contributed by atoms with Crippen molar-refractivity contribution in [1.82, 2.24) is 19.7 Å². The van der Waals surface area contributed by atoms with Crippen LogP contribution in [0.3, 0.4) is 0 Å². The lowest BCUT2D eigenvalue weighted by Crippen LogP contribution is -2.04. The minimum Gasteiger partial charge on any atom is -0.368 e. The van der Waals surface area contributed by atoms with Gasteiger partial charge >= 0.3 is 0 Å². The number of benzene rings is 1. The smallest absolute Gasteiger partial charge is 0.222 e. The molecule has 3 aromatic rings. The average molecular weight is 290 g/mol. The first kappa shape index (κ1) is 10.2. The van der Waals surface area contributed by atoms with E-state index in [-0.39, 0.29) is 5.95 Å². The molecule has 0 atom stereocenters. The van der Waals surface area contributed by atoms with Crippen LogP contribution in [0.2, 0.25) is 0 Å². The van der Waals surface area contributed by atoms with E-state index in [1.165, 1.54) is 0 Å². The third-order valence-corrected chi connectivity index (χ3v) is 2.78. The summed E-state index contributed by atoms with van der Waals surface area (Å²) in [6, 6.07) is 7.69. The second-order valence-electron chi connectivity index (χ2n) is 3.53. The molecule has 6 heteroatoms. The van der Waals surface area contributed by atoms with E-state index in [0.29, 0.717) is 5.82 Å². The lowest BCUT2D eigenvalue weighted by atomic mass is 10.2. The van der Waals surface area contributed by atoms with Crippen molar-refractivity contribution < 1.29 is 0 Å². The van der Waals surface area contributed by atoms with E-state index in [1.54, 1.807) is 10.9 Å². The fourth-order valence-corrected chi connectivity index (χ4v) is 1.95. The SMILES string of the molecule is Nc1nc(-n2cc(Br)cn2)c2ccccc2n1. The van der Waals surface area contributed by atoms with E-state index in [9.17, 15) is 0 Å². The highest BCUT2D eigenvalue weighted by Crippen LogP contribution is 2.20. The number of nitrogens with two attached hydrogens (primary N) is 1. The summed E-state index contributed by atoms with van der Waals surface area (Å²) in [4.78, 5) is 8.41. The van der Waals surface area contributed by atoms with E-state index < -0.39 is 0 Å². The van der Waals surface area contributed by atoms with Gasteiger partial charge in [-0.2, -0.15) is 10.1 Å². The Labute approximate surface area is 105 Å². The lowest BCUT2D eigenvalue weighted by molar-refractivity contribution is 0.853. The van der Waals surface area contributed by atoms with Gasteiger partial charge in [0.15, 0.2) is 5.82 Å². The van der Waals surface area contributed by atoms with Gasteiger partial charge in [-0.25, -0.2) is 9.67 Å². The number of aromatic nitrogens is 4. The summed E-state index contributed by atoms with van der Waals surface area (Å²) in [6.07, 6.45) is 3.53. The molecule has 5 nitrogen and oxygen atoms in total. The standard InChI is InChI=1S/C11H8BrN5/c12-7-5-14-17(6-7)10-8-3-1-2-4-9(8)15-11(13)16-10/h1-6H,(H2,13,15,16). The van der Waals surface area contributed by atoms with Gasteiger partial charge in [0.2, 0.25) is 5.95 Å². The van der Waals surface area contributed by atoms with Crippen molar-refractivity contribution in [2.45, 2.75) is 0 Å². The molecule has 0 amide bonds. The molecular formula is C11H8BrN5. The monoisotopic (exact) mass is 289 g/mol. The van der Waals surface area contributed by atoms with E-state index >= 15 is 0 Å². The summed E-state index contributed by atoms with van der Waals surface area (Å²) in [5.41, 5.74) is 6.50. The quantitative estimate of drug-likeness (QED) is 0.745. The number of nitrogen functional groups attached to an aromatic ring is 1. The Kier molecular flexibility index (Phi) is 2.29. The van der Waals surface area contributed by atoms with Gasteiger partial charge in [0, 0.05) is 11.6 Å². The molecule has 0 bridgehead atoms. The van der Waals surface area contributed by atoms with Gasteiger partial charge in [0.25, 0.3) is 0 Å². The molecule has 2 aromatic heterocycles. The van der Waals surface area contributed by atoms with Gasteiger partial charge in [-0.05, 0) is 28.1 Å². The number of anilines is 1. The van der Waals surface area contributed by atoms with Gasteiger partial charge in [-0.3, -0.25) is 0 Å². The molecule has 84 valence electrons. The number of halogens is 1. The number of fused-ring (bicyclic) bond motifs is 1. The Hall–Kier alpha value is -1.95. The van der Waals surface area contributed by atoms with Crippen LogP contribution in [0.1, 0.15) is 0 Å². The van der Waals surface area contributed by atoms with Crippen LogP contribution < -0.4 is 5.73 Å². The Bertz CT molecular complexity index is 691. The van der Waals surface area contributed by atoms with Crippen molar-refractivity contribution in [3.05, 3.63) is 41.1 Å². The largest absolute Gasteiger partial charge is 0.368 e. The van der Waals surface area contributed by atoms with Crippen LogP contribution in [0.5, 0.6) is 0 Å². The molecule has 0 aliphatic carbocycles. The highest BCUT2D eigenvalue weighted by atomic mass is 79.9. The average Bonchev–Trinajstić information content (AvgIpc) is 2.74. The Morgan fingerprint density at radius 1 is 1.18 bits per heavy atom. The summed E-state index contributed by atoms with van der Waals surface area (Å²) in [5, 5.41) is 5.12. The molecule has 0 unspecified atom stereocenters. The highest BCUT2D eigenvalue weighted by Gasteiger charge is 2.08. The highest BCUT2D eigenvalue weighted by molar-refractivity contribution is 9.10. The predicted octanol–water partition coefficient (Wildman–Crippen LogP) is 2.16. The summed E-state index contributed by atoms with van der Waals surface area (Å²) in [5.74, 6) is 0.920. The first-order valence-corrected chi connectivity index (χ1v) is 5.76. The topological polar surface area (TPSA) is 69.6 Å². The Morgan fingerprint density at radius 3 is 2.76 bits per heavy atom. The number of hydrogen-bond donors (Lipinski definition) is 1. The molecule has 1 aromatic carbocycles. The van der Waals surface area contributed by atoms with Crippen molar-refractivity contribution >= 4 is 32.8 Å². The van der Waals surface area contributed by atoms with Crippen molar-refractivity contribution in [1.29, 1.82) is 0 Å². The van der Waals surface area contributed by atoms with Gasteiger partial charge < -0.3 is 5.73 Å². The molecule has 0 saturated carbocycles. The molecule has 0 radical (unpaired) electrons. The maximum absolute atomic E-state index is 5.69. The van der Waals surface area contributed by atoms with Crippen LogP contribution in [-0.2, 0) is 0 Å². The molecule has 2 N–H and O–H groups in total. The van der Waals surface area contributed by atoms with Gasteiger partial charge in [0.1, 0.15) is 0 Å². The summed E-state index contributed by atoms with van der Waals surface area (Å²) < 4.78 is 2.56. The summed E-state index contributed by atoms with van der Waals surface area (Å²) in [6.45, 7) is 0.